The number of aliphatic hydroxyl groups excluding tert-OH is 1. The highest BCUT2D eigenvalue weighted by atomic mass is 19.1. The zero-order valence-corrected chi connectivity index (χ0v) is 12.5. The van der Waals surface area contributed by atoms with Gasteiger partial charge in [-0.1, -0.05) is 0 Å². The maximum absolute atomic E-state index is 13.7. The van der Waals surface area contributed by atoms with Crippen LogP contribution in [0.5, 0.6) is 0 Å². The van der Waals surface area contributed by atoms with Crippen molar-refractivity contribution in [1.29, 1.82) is 0 Å². The molecule has 1 unspecified atom stereocenters. The molecule has 0 radical (unpaired) electrons. The lowest BCUT2D eigenvalue weighted by Crippen LogP contribution is -2.37. The van der Waals surface area contributed by atoms with Gasteiger partial charge in [-0.25, -0.2) is 4.39 Å². The van der Waals surface area contributed by atoms with Crippen LogP contribution in [0.4, 0.5) is 10.1 Å². The van der Waals surface area contributed by atoms with Gasteiger partial charge in [-0.05, 0) is 51.3 Å². The van der Waals surface area contributed by atoms with Crippen molar-refractivity contribution in [1.82, 2.24) is 0 Å². The Labute approximate surface area is 120 Å². The molecule has 1 N–H and O–H groups in total. The predicted molar refractivity (Wildman–Crippen MR) is 78.6 cm³/mol. The lowest BCUT2D eigenvalue weighted by atomic mass is 10.0. The third-order valence-corrected chi connectivity index (χ3v) is 3.94. The number of rotatable bonds is 4. The van der Waals surface area contributed by atoms with Crippen molar-refractivity contribution in [2.75, 3.05) is 24.6 Å². The summed E-state index contributed by atoms with van der Waals surface area (Å²) in [4.78, 5) is 2.23. The number of ether oxygens (including phenoxy) is 1. The van der Waals surface area contributed by atoms with Crippen molar-refractivity contribution in [2.24, 2.45) is 0 Å². The van der Waals surface area contributed by atoms with Crippen LogP contribution in [0.15, 0.2) is 12.1 Å². The number of piperidine rings is 1. The minimum Gasteiger partial charge on any atom is -0.389 e. The molecule has 0 aliphatic carbocycles. The molecule has 1 aliphatic heterocycles. The number of benzene rings is 1. The van der Waals surface area contributed by atoms with Crippen LogP contribution in [-0.4, -0.2) is 30.9 Å². The number of halogens is 1. The molecule has 3 nitrogen and oxygen atoms in total. The summed E-state index contributed by atoms with van der Waals surface area (Å²) in [7, 11) is 0. The predicted octanol–water partition coefficient (Wildman–Crippen LogP) is 3.19. The van der Waals surface area contributed by atoms with Gasteiger partial charge in [0.25, 0.3) is 0 Å². The molecule has 2 rings (SSSR count). The van der Waals surface area contributed by atoms with Crippen LogP contribution in [0.2, 0.25) is 0 Å². The zero-order valence-electron chi connectivity index (χ0n) is 12.5. The first-order valence-electron chi connectivity index (χ1n) is 7.37. The maximum atomic E-state index is 13.7. The van der Waals surface area contributed by atoms with Crippen LogP contribution < -0.4 is 4.90 Å². The fourth-order valence-corrected chi connectivity index (χ4v) is 2.79. The number of hydrogen-bond acceptors (Lipinski definition) is 3. The first kappa shape index (κ1) is 15.3. The SMILES string of the molecule is CCOC1CCN(c2cc(C)c(F)cc2C(C)O)CC1. The molecule has 1 saturated heterocycles. The van der Waals surface area contributed by atoms with Gasteiger partial charge in [0.1, 0.15) is 5.82 Å². The molecule has 20 heavy (non-hydrogen) atoms. The van der Waals surface area contributed by atoms with Gasteiger partial charge in [-0.2, -0.15) is 0 Å². The Bertz CT molecular complexity index is 454. The fourth-order valence-electron chi connectivity index (χ4n) is 2.79. The molecule has 1 atom stereocenters. The van der Waals surface area contributed by atoms with Crippen LogP contribution in [0.25, 0.3) is 0 Å². The minimum absolute atomic E-state index is 0.256. The van der Waals surface area contributed by atoms with E-state index in [1.165, 1.54) is 6.07 Å². The van der Waals surface area contributed by atoms with Crippen LogP contribution >= 0.6 is 0 Å². The van der Waals surface area contributed by atoms with Crippen molar-refractivity contribution < 1.29 is 14.2 Å². The fraction of sp³-hybridized carbons (Fsp3) is 0.625. The van der Waals surface area contributed by atoms with E-state index in [9.17, 15) is 9.50 Å². The summed E-state index contributed by atoms with van der Waals surface area (Å²) in [6.45, 7) is 7.98. The van der Waals surface area contributed by atoms with E-state index < -0.39 is 6.10 Å². The van der Waals surface area contributed by atoms with Gasteiger partial charge in [0.2, 0.25) is 0 Å². The summed E-state index contributed by atoms with van der Waals surface area (Å²) >= 11 is 0. The lowest BCUT2D eigenvalue weighted by Gasteiger charge is -2.35. The molecule has 1 aromatic rings. The quantitative estimate of drug-likeness (QED) is 0.920. The van der Waals surface area contributed by atoms with Crippen molar-refractivity contribution in [3.8, 4) is 0 Å². The molecule has 0 aromatic heterocycles. The highest BCUT2D eigenvalue weighted by Crippen LogP contribution is 2.31. The average Bonchev–Trinajstić information content (AvgIpc) is 2.42. The summed E-state index contributed by atoms with van der Waals surface area (Å²) in [5.74, 6) is -0.256. The van der Waals surface area contributed by atoms with Gasteiger partial charge in [0, 0.05) is 30.9 Å². The van der Waals surface area contributed by atoms with Gasteiger partial charge < -0.3 is 14.7 Å². The van der Waals surface area contributed by atoms with Crippen LogP contribution in [0, 0.1) is 12.7 Å². The van der Waals surface area contributed by atoms with E-state index in [4.69, 9.17) is 4.74 Å². The van der Waals surface area contributed by atoms with E-state index in [1.807, 2.05) is 13.0 Å². The molecular weight excluding hydrogens is 257 g/mol. The molecule has 112 valence electrons. The van der Waals surface area contributed by atoms with Gasteiger partial charge >= 0.3 is 0 Å². The largest absolute Gasteiger partial charge is 0.389 e. The molecule has 0 bridgehead atoms. The van der Waals surface area contributed by atoms with Gasteiger partial charge in [0.15, 0.2) is 0 Å². The number of anilines is 1. The van der Waals surface area contributed by atoms with Crippen LogP contribution in [-0.2, 0) is 4.74 Å². The first-order chi connectivity index (χ1) is 9.52. The molecular formula is C16H24FNO2. The second-order valence-corrected chi connectivity index (χ2v) is 5.48. The maximum Gasteiger partial charge on any atom is 0.126 e. The smallest absolute Gasteiger partial charge is 0.126 e. The molecule has 0 saturated carbocycles. The lowest BCUT2D eigenvalue weighted by molar-refractivity contribution is 0.0458. The van der Waals surface area contributed by atoms with Crippen molar-refractivity contribution in [3.05, 3.63) is 29.1 Å². The minimum atomic E-state index is -0.662. The Morgan fingerprint density at radius 1 is 1.40 bits per heavy atom. The number of hydrogen-bond donors (Lipinski definition) is 1. The van der Waals surface area contributed by atoms with Crippen molar-refractivity contribution in [3.63, 3.8) is 0 Å². The van der Waals surface area contributed by atoms with E-state index in [1.54, 1.807) is 13.8 Å². The summed E-state index contributed by atoms with van der Waals surface area (Å²) < 4.78 is 19.4. The Morgan fingerprint density at radius 2 is 2.05 bits per heavy atom. The van der Waals surface area contributed by atoms with E-state index in [2.05, 4.69) is 4.90 Å². The summed E-state index contributed by atoms with van der Waals surface area (Å²) in [5.41, 5.74) is 2.24. The molecule has 1 aromatic carbocycles. The van der Waals surface area contributed by atoms with Gasteiger partial charge in [0.05, 0.1) is 12.2 Å². The second kappa shape index (κ2) is 6.55. The van der Waals surface area contributed by atoms with Crippen molar-refractivity contribution in [2.45, 2.75) is 45.8 Å². The second-order valence-electron chi connectivity index (χ2n) is 5.48. The molecule has 1 fully saturated rings. The van der Waals surface area contributed by atoms with E-state index in [0.717, 1.165) is 38.2 Å². The van der Waals surface area contributed by atoms with Gasteiger partial charge in [-0.3, -0.25) is 0 Å². The number of nitrogens with zero attached hydrogens (tertiary/aromatic N) is 1. The Balaban J connectivity index is 2.18. The van der Waals surface area contributed by atoms with E-state index in [0.29, 0.717) is 17.2 Å². The standard InChI is InChI=1S/C16H24FNO2/c1-4-20-13-5-7-18(8-6-13)16-9-11(2)15(17)10-14(16)12(3)19/h9-10,12-13,19H,4-8H2,1-3H3. The number of aliphatic hydroxyl groups is 1. The summed E-state index contributed by atoms with van der Waals surface area (Å²) in [6.07, 6.45) is 1.62. The van der Waals surface area contributed by atoms with Crippen LogP contribution in [0.3, 0.4) is 0 Å². The van der Waals surface area contributed by atoms with E-state index in [-0.39, 0.29) is 5.82 Å². The number of aryl methyl sites for hydroxylation is 1. The van der Waals surface area contributed by atoms with Crippen molar-refractivity contribution >= 4 is 5.69 Å². The normalized spacial score (nSPS) is 18.4. The molecule has 1 heterocycles. The molecule has 1 aliphatic rings. The first-order valence-corrected chi connectivity index (χ1v) is 7.37. The Hall–Kier alpha value is -1.13. The molecule has 0 spiro atoms. The highest BCUT2D eigenvalue weighted by molar-refractivity contribution is 5.57. The van der Waals surface area contributed by atoms with E-state index >= 15 is 0 Å². The van der Waals surface area contributed by atoms with Gasteiger partial charge in [-0.15, -0.1) is 0 Å². The van der Waals surface area contributed by atoms with Crippen LogP contribution in [0.1, 0.15) is 43.9 Å². The average molecular weight is 281 g/mol. The topological polar surface area (TPSA) is 32.7 Å². The molecule has 0 amide bonds. The third-order valence-electron chi connectivity index (χ3n) is 3.94. The third kappa shape index (κ3) is 3.30. The summed E-state index contributed by atoms with van der Waals surface area (Å²) in [5, 5.41) is 9.87. The highest BCUT2D eigenvalue weighted by Gasteiger charge is 2.23. The monoisotopic (exact) mass is 281 g/mol. The summed E-state index contributed by atoms with van der Waals surface area (Å²) in [6, 6.07) is 3.31. The molecule has 4 heteroatoms. The Morgan fingerprint density at radius 3 is 2.60 bits per heavy atom. The zero-order chi connectivity index (χ0) is 14.7. The Kier molecular flexibility index (Phi) is 5.00.